The van der Waals surface area contributed by atoms with Crippen molar-refractivity contribution in [3.8, 4) is 0 Å². The van der Waals surface area contributed by atoms with Crippen molar-refractivity contribution in [1.82, 2.24) is 4.31 Å². The van der Waals surface area contributed by atoms with E-state index in [2.05, 4.69) is 0 Å². The van der Waals surface area contributed by atoms with Gasteiger partial charge in [-0.3, -0.25) is 4.79 Å². The third kappa shape index (κ3) is 5.35. The normalized spacial score (nSPS) is 16.3. The number of carbonyl (C=O) groups is 1. The van der Waals surface area contributed by atoms with Crippen LogP contribution in [-0.2, 0) is 20.4 Å². The minimum absolute atomic E-state index is 0.212. The number of esters is 1. The van der Waals surface area contributed by atoms with Gasteiger partial charge in [0.25, 0.3) is 0 Å². The molecule has 0 spiro atoms. The highest BCUT2D eigenvalue weighted by molar-refractivity contribution is 7.69. The molecule has 0 bridgehead atoms. The second-order valence-electron chi connectivity index (χ2n) is 5.73. The first-order valence-electron chi connectivity index (χ1n) is 6.40. The van der Waals surface area contributed by atoms with E-state index < -0.39 is 16.3 Å². The number of nitrogens with zero attached hydrogens (tertiary/aromatic N) is 1. The van der Waals surface area contributed by atoms with Crippen LogP contribution in [0.4, 0.5) is 0 Å². The second kappa shape index (κ2) is 6.52. The summed E-state index contributed by atoms with van der Waals surface area (Å²) >= 11 is 0. The van der Waals surface area contributed by atoms with Crippen LogP contribution in [0.1, 0.15) is 46.5 Å². The Labute approximate surface area is 111 Å². The van der Waals surface area contributed by atoms with Gasteiger partial charge in [-0.15, -0.1) is 0 Å². The summed E-state index contributed by atoms with van der Waals surface area (Å²) in [6.45, 7) is 6.34. The Balaban J connectivity index is 2.13. The van der Waals surface area contributed by atoms with Crippen LogP contribution in [0.3, 0.4) is 0 Å². The van der Waals surface area contributed by atoms with Crippen LogP contribution in [0, 0.1) is 5.41 Å². The predicted octanol–water partition coefficient (Wildman–Crippen LogP) is 1.35. The SMILES string of the molecule is CC(C)(C)C(=O)OCCCCN(C1CC1)[SH](=O)=O. The maximum Gasteiger partial charge on any atom is 0.311 e. The lowest BCUT2D eigenvalue weighted by molar-refractivity contribution is -0.153. The summed E-state index contributed by atoms with van der Waals surface area (Å²) in [6, 6.07) is 0.225. The summed E-state index contributed by atoms with van der Waals surface area (Å²) in [5.41, 5.74) is -0.474. The van der Waals surface area contributed by atoms with Gasteiger partial charge in [0.15, 0.2) is 0 Å². The molecular weight excluding hydrogens is 254 g/mol. The van der Waals surface area contributed by atoms with Crippen molar-refractivity contribution >= 4 is 16.9 Å². The maximum atomic E-state index is 11.5. The molecule has 1 fully saturated rings. The van der Waals surface area contributed by atoms with Crippen molar-refractivity contribution < 1.29 is 17.9 Å². The number of hydrogen-bond acceptors (Lipinski definition) is 4. The van der Waals surface area contributed by atoms with Gasteiger partial charge in [-0.05, 0) is 46.5 Å². The Morgan fingerprint density at radius 1 is 1.28 bits per heavy atom. The molecule has 0 N–H and O–H groups in total. The van der Waals surface area contributed by atoms with E-state index in [1.165, 1.54) is 4.31 Å². The highest BCUT2D eigenvalue weighted by Crippen LogP contribution is 2.27. The summed E-state index contributed by atoms with van der Waals surface area (Å²) in [5, 5.41) is 0. The molecule has 1 aliphatic carbocycles. The molecule has 6 heteroatoms. The van der Waals surface area contributed by atoms with Crippen LogP contribution in [0.5, 0.6) is 0 Å². The lowest BCUT2D eigenvalue weighted by atomic mass is 9.97. The zero-order chi connectivity index (χ0) is 13.8. The highest BCUT2D eigenvalue weighted by Gasteiger charge is 2.30. The zero-order valence-corrected chi connectivity index (χ0v) is 12.2. The van der Waals surface area contributed by atoms with E-state index in [9.17, 15) is 13.2 Å². The number of ether oxygens (including phenoxy) is 1. The van der Waals surface area contributed by atoms with Crippen molar-refractivity contribution in [2.75, 3.05) is 13.2 Å². The fourth-order valence-electron chi connectivity index (χ4n) is 1.53. The first-order valence-corrected chi connectivity index (χ1v) is 7.53. The van der Waals surface area contributed by atoms with Gasteiger partial charge in [-0.1, -0.05) is 0 Å². The first kappa shape index (κ1) is 15.4. The Morgan fingerprint density at radius 3 is 2.33 bits per heavy atom. The zero-order valence-electron chi connectivity index (χ0n) is 11.3. The molecule has 0 radical (unpaired) electrons. The van der Waals surface area contributed by atoms with Crippen molar-refractivity contribution in [3.63, 3.8) is 0 Å². The molecule has 0 aliphatic heterocycles. The molecule has 5 nitrogen and oxygen atoms in total. The molecule has 0 aromatic heterocycles. The highest BCUT2D eigenvalue weighted by atomic mass is 32.2. The third-order valence-corrected chi connectivity index (χ3v) is 3.75. The van der Waals surface area contributed by atoms with E-state index in [4.69, 9.17) is 4.74 Å². The van der Waals surface area contributed by atoms with Crippen molar-refractivity contribution in [2.45, 2.75) is 52.5 Å². The summed E-state index contributed by atoms with van der Waals surface area (Å²) in [6.07, 6.45) is 3.39. The van der Waals surface area contributed by atoms with Crippen LogP contribution in [0.25, 0.3) is 0 Å². The number of unbranched alkanes of at least 4 members (excludes halogenated alkanes) is 1. The Morgan fingerprint density at radius 2 is 1.89 bits per heavy atom. The maximum absolute atomic E-state index is 11.5. The average Bonchev–Trinajstić information content (AvgIpc) is 3.04. The van der Waals surface area contributed by atoms with E-state index in [0.717, 1.165) is 19.3 Å². The molecule has 0 aromatic rings. The largest absolute Gasteiger partial charge is 0.465 e. The van der Waals surface area contributed by atoms with E-state index in [-0.39, 0.29) is 12.0 Å². The van der Waals surface area contributed by atoms with Gasteiger partial charge < -0.3 is 4.74 Å². The van der Waals surface area contributed by atoms with Crippen molar-refractivity contribution in [3.05, 3.63) is 0 Å². The standard InChI is InChI=1S/C12H23NO4S/c1-12(2,3)11(14)17-9-5-4-8-13(18(15)16)10-6-7-10/h10,18H,4-9H2,1-3H3. The van der Waals surface area contributed by atoms with E-state index in [0.29, 0.717) is 19.6 Å². The van der Waals surface area contributed by atoms with Gasteiger partial charge in [-0.25, -0.2) is 12.7 Å². The van der Waals surface area contributed by atoms with E-state index >= 15 is 0 Å². The fourth-order valence-corrected chi connectivity index (χ4v) is 2.33. The van der Waals surface area contributed by atoms with Crippen molar-refractivity contribution in [2.24, 2.45) is 5.41 Å². The van der Waals surface area contributed by atoms with E-state index in [1.54, 1.807) is 0 Å². The number of rotatable bonds is 7. The van der Waals surface area contributed by atoms with Crippen LogP contribution < -0.4 is 0 Å². The number of thiol groups is 1. The molecular formula is C12H23NO4S. The smallest absolute Gasteiger partial charge is 0.311 e. The van der Waals surface area contributed by atoms with Gasteiger partial charge in [0.2, 0.25) is 10.9 Å². The first-order chi connectivity index (χ1) is 8.32. The molecule has 0 heterocycles. The molecule has 0 atom stereocenters. The monoisotopic (exact) mass is 277 g/mol. The molecule has 1 aliphatic rings. The molecule has 18 heavy (non-hydrogen) atoms. The number of carbonyl (C=O) groups excluding carboxylic acids is 1. The summed E-state index contributed by atoms with van der Waals surface area (Å²) < 4.78 is 28.6. The molecule has 1 saturated carbocycles. The fraction of sp³-hybridized carbons (Fsp3) is 0.917. The molecule has 106 valence electrons. The molecule has 0 saturated heterocycles. The quantitative estimate of drug-likeness (QED) is 0.433. The van der Waals surface area contributed by atoms with Gasteiger partial charge >= 0.3 is 5.97 Å². The summed E-state index contributed by atoms with van der Waals surface area (Å²) in [4.78, 5) is 11.5. The average molecular weight is 277 g/mol. The van der Waals surface area contributed by atoms with Gasteiger partial charge in [-0.2, -0.15) is 0 Å². The van der Waals surface area contributed by atoms with Gasteiger partial charge in [0.05, 0.1) is 12.0 Å². The Hall–Kier alpha value is -0.620. The molecule has 0 aromatic carbocycles. The van der Waals surface area contributed by atoms with Crippen LogP contribution in [0.15, 0.2) is 0 Å². The number of hydrogen-bond donors (Lipinski definition) is 1. The van der Waals surface area contributed by atoms with Crippen LogP contribution in [0.2, 0.25) is 0 Å². The van der Waals surface area contributed by atoms with Crippen molar-refractivity contribution in [1.29, 1.82) is 0 Å². The van der Waals surface area contributed by atoms with Gasteiger partial charge in [0.1, 0.15) is 0 Å². The predicted molar refractivity (Wildman–Crippen MR) is 69.7 cm³/mol. The Bertz CT molecular complexity index is 348. The summed E-state index contributed by atoms with van der Waals surface area (Å²) in [5.74, 6) is -0.212. The van der Waals surface area contributed by atoms with Crippen LogP contribution in [-0.4, -0.2) is 37.9 Å². The lowest BCUT2D eigenvalue weighted by Crippen LogP contribution is -2.26. The topological polar surface area (TPSA) is 63.7 Å². The molecule has 1 rings (SSSR count). The third-order valence-electron chi connectivity index (χ3n) is 2.81. The minimum atomic E-state index is -2.47. The summed E-state index contributed by atoms with van der Waals surface area (Å²) in [7, 11) is -2.47. The van der Waals surface area contributed by atoms with E-state index in [1.807, 2.05) is 20.8 Å². The second-order valence-corrected chi connectivity index (χ2v) is 6.71. The molecule has 0 amide bonds. The Kier molecular flexibility index (Phi) is 5.59. The van der Waals surface area contributed by atoms with Crippen LogP contribution >= 0.6 is 0 Å². The molecule has 0 unspecified atom stereocenters. The van der Waals surface area contributed by atoms with Gasteiger partial charge in [0, 0.05) is 12.6 Å². The minimum Gasteiger partial charge on any atom is -0.465 e. The lowest BCUT2D eigenvalue weighted by Gasteiger charge is -2.17.